The molecule has 3 atom stereocenters. The zero-order chi connectivity index (χ0) is 25.9. The molecule has 3 nitrogen and oxygen atoms in total. The molecule has 0 aromatic rings. The predicted molar refractivity (Wildman–Crippen MR) is 145 cm³/mol. The molecule has 194 valence electrons. The van der Waals surface area contributed by atoms with Crippen molar-refractivity contribution >= 4 is 11.6 Å². The summed E-state index contributed by atoms with van der Waals surface area (Å²) < 4.78 is 0. The molecule has 0 heterocycles. The van der Waals surface area contributed by atoms with Gasteiger partial charge in [-0.3, -0.25) is 9.59 Å². The SMILES string of the molecule is C=CCC1=C(CC[C@](C)(O)CCC[C@H](C)CCC[C@H](C)CCCC(C)C)C(=O)C(C)=C(C)C1=O. The molecule has 1 N–H and O–H groups in total. The third-order valence-corrected chi connectivity index (χ3v) is 7.70. The van der Waals surface area contributed by atoms with Crippen LogP contribution in [0, 0.1) is 17.8 Å². The summed E-state index contributed by atoms with van der Waals surface area (Å²) in [4.78, 5) is 25.5. The minimum atomic E-state index is -0.829. The predicted octanol–water partition coefficient (Wildman–Crippen LogP) is 8.32. The van der Waals surface area contributed by atoms with Crippen LogP contribution in [0.15, 0.2) is 34.9 Å². The van der Waals surface area contributed by atoms with Gasteiger partial charge in [-0.05, 0) is 64.2 Å². The van der Waals surface area contributed by atoms with Crippen LogP contribution in [0.4, 0.5) is 0 Å². The van der Waals surface area contributed by atoms with Crippen LogP contribution in [-0.2, 0) is 9.59 Å². The Morgan fingerprint density at radius 2 is 1.26 bits per heavy atom. The quantitative estimate of drug-likeness (QED) is 0.171. The Morgan fingerprint density at radius 3 is 1.76 bits per heavy atom. The van der Waals surface area contributed by atoms with Gasteiger partial charge in [0.15, 0.2) is 11.6 Å². The number of ketones is 2. The highest BCUT2D eigenvalue weighted by molar-refractivity contribution is 6.24. The van der Waals surface area contributed by atoms with Crippen molar-refractivity contribution in [3.8, 4) is 0 Å². The van der Waals surface area contributed by atoms with Crippen molar-refractivity contribution < 1.29 is 14.7 Å². The lowest BCUT2D eigenvalue weighted by Gasteiger charge is -2.26. The lowest BCUT2D eigenvalue weighted by molar-refractivity contribution is -0.116. The third kappa shape index (κ3) is 10.4. The monoisotopic (exact) mass is 472 g/mol. The van der Waals surface area contributed by atoms with E-state index < -0.39 is 5.60 Å². The lowest BCUT2D eigenvalue weighted by Crippen LogP contribution is -2.27. The number of allylic oxidation sites excluding steroid dienone is 5. The fraction of sp³-hybridized carbons (Fsp3) is 0.742. The maximum atomic E-state index is 12.8. The number of hydrogen-bond acceptors (Lipinski definition) is 3. The van der Waals surface area contributed by atoms with E-state index in [1.165, 1.54) is 38.5 Å². The minimum Gasteiger partial charge on any atom is -0.390 e. The van der Waals surface area contributed by atoms with Gasteiger partial charge in [0.2, 0.25) is 0 Å². The van der Waals surface area contributed by atoms with Crippen LogP contribution < -0.4 is 0 Å². The van der Waals surface area contributed by atoms with E-state index in [4.69, 9.17) is 0 Å². The summed E-state index contributed by atoms with van der Waals surface area (Å²) in [6.07, 6.45) is 13.8. The highest BCUT2D eigenvalue weighted by atomic mass is 16.3. The number of aliphatic hydroxyl groups is 1. The number of carbonyl (C=O) groups is 2. The summed E-state index contributed by atoms with van der Waals surface area (Å²) in [5.74, 6) is 2.22. The zero-order valence-electron chi connectivity index (χ0n) is 23.3. The van der Waals surface area contributed by atoms with Crippen LogP contribution in [0.5, 0.6) is 0 Å². The molecular formula is C31H52O3. The molecule has 0 saturated carbocycles. The topological polar surface area (TPSA) is 54.4 Å². The molecule has 34 heavy (non-hydrogen) atoms. The van der Waals surface area contributed by atoms with Crippen LogP contribution in [0.3, 0.4) is 0 Å². The maximum Gasteiger partial charge on any atom is 0.185 e. The van der Waals surface area contributed by atoms with E-state index in [1.54, 1.807) is 19.9 Å². The second-order valence-electron chi connectivity index (χ2n) is 11.7. The highest BCUT2D eigenvalue weighted by Crippen LogP contribution is 2.32. The molecule has 0 radical (unpaired) electrons. The van der Waals surface area contributed by atoms with Gasteiger partial charge >= 0.3 is 0 Å². The molecule has 0 amide bonds. The molecule has 1 rings (SSSR count). The van der Waals surface area contributed by atoms with E-state index in [-0.39, 0.29) is 11.6 Å². The molecule has 0 saturated heterocycles. The van der Waals surface area contributed by atoms with Crippen molar-refractivity contribution in [3.05, 3.63) is 34.9 Å². The molecule has 1 aliphatic carbocycles. The Hall–Kier alpha value is -1.48. The second kappa shape index (κ2) is 14.8. The number of Topliss-reactive ketones (excluding diaryl/α,β-unsaturated/α-hetero) is 2. The first kappa shape index (κ1) is 30.6. The molecule has 0 fully saturated rings. The Morgan fingerprint density at radius 1 is 0.794 bits per heavy atom. The van der Waals surface area contributed by atoms with Gasteiger partial charge in [-0.25, -0.2) is 0 Å². The minimum absolute atomic E-state index is 0.0446. The van der Waals surface area contributed by atoms with E-state index in [1.807, 2.05) is 6.92 Å². The zero-order valence-corrected chi connectivity index (χ0v) is 23.3. The van der Waals surface area contributed by atoms with Gasteiger partial charge in [0.25, 0.3) is 0 Å². The Balaban J connectivity index is 2.43. The molecular weight excluding hydrogens is 420 g/mol. The summed E-state index contributed by atoms with van der Waals surface area (Å²) in [7, 11) is 0. The average molecular weight is 473 g/mol. The van der Waals surface area contributed by atoms with Crippen molar-refractivity contribution in [1.82, 2.24) is 0 Å². The van der Waals surface area contributed by atoms with Crippen LogP contribution in [-0.4, -0.2) is 22.3 Å². The fourth-order valence-electron chi connectivity index (χ4n) is 5.02. The summed E-state index contributed by atoms with van der Waals surface area (Å²) in [6, 6.07) is 0. The van der Waals surface area contributed by atoms with E-state index in [9.17, 15) is 14.7 Å². The molecule has 1 aliphatic rings. The van der Waals surface area contributed by atoms with Gasteiger partial charge in [-0.2, -0.15) is 0 Å². The van der Waals surface area contributed by atoms with Crippen LogP contribution in [0.1, 0.15) is 126 Å². The van der Waals surface area contributed by atoms with Crippen molar-refractivity contribution in [2.24, 2.45) is 17.8 Å². The van der Waals surface area contributed by atoms with Gasteiger partial charge in [-0.15, -0.1) is 6.58 Å². The van der Waals surface area contributed by atoms with Crippen LogP contribution in [0.25, 0.3) is 0 Å². The van der Waals surface area contributed by atoms with E-state index in [2.05, 4.69) is 34.3 Å². The molecule has 0 aromatic heterocycles. The van der Waals surface area contributed by atoms with Crippen molar-refractivity contribution in [2.45, 2.75) is 131 Å². The van der Waals surface area contributed by atoms with Gasteiger partial charge in [0.1, 0.15) is 0 Å². The van der Waals surface area contributed by atoms with Crippen molar-refractivity contribution in [3.63, 3.8) is 0 Å². The Kier molecular flexibility index (Phi) is 13.3. The van der Waals surface area contributed by atoms with Gasteiger partial charge < -0.3 is 5.11 Å². The summed E-state index contributed by atoms with van der Waals surface area (Å²) in [5, 5.41) is 11.0. The third-order valence-electron chi connectivity index (χ3n) is 7.70. The van der Waals surface area contributed by atoms with Gasteiger partial charge in [-0.1, -0.05) is 85.1 Å². The first-order valence-electron chi connectivity index (χ1n) is 13.7. The van der Waals surface area contributed by atoms with Crippen LogP contribution >= 0.6 is 0 Å². The van der Waals surface area contributed by atoms with Gasteiger partial charge in [0, 0.05) is 22.3 Å². The number of hydrogen-bond donors (Lipinski definition) is 1. The van der Waals surface area contributed by atoms with E-state index in [0.717, 1.165) is 31.1 Å². The fourth-order valence-corrected chi connectivity index (χ4v) is 5.02. The summed E-state index contributed by atoms with van der Waals surface area (Å²) in [5.41, 5.74) is 1.38. The highest BCUT2D eigenvalue weighted by Gasteiger charge is 2.31. The molecule has 0 aromatic carbocycles. The second-order valence-corrected chi connectivity index (χ2v) is 11.7. The largest absolute Gasteiger partial charge is 0.390 e. The smallest absolute Gasteiger partial charge is 0.185 e. The summed E-state index contributed by atoms with van der Waals surface area (Å²) >= 11 is 0. The Labute approximate surface area is 210 Å². The van der Waals surface area contributed by atoms with Crippen molar-refractivity contribution in [2.75, 3.05) is 0 Å². The molecule has 0 spiro atoms. The molecule has 0 unspecified atom stereocenters. The Bertz CT molecular complexity index is 751. The maximum absolute atomic E-state index is 12.8. The first-order chi connectivity index (χ1) is 15.9. The molecule has 3 heteroatoms. The van der Waals surface area contributed by atoms with E-state index in [0.29, 0.717) is 47.5 Å². The first-order valence-corrected chi connectivity index (χ1v) is 13.7. The standard InChI is InChI=1S/C31H52O3/c1-9-13-27-28(30(33)26(7)25(6)29(27)32)19-21-31(8,34)20-12-18-24(5)17-11-16-23(4)15-10-14-22(2)3/h9,22-24,34H,1,10-21H2,2-8H3/t23-,24-,31-/m1/s1. The normalized spacial score (nSPS) is 18.5. The van der Waals surface area contributed by atoms with Crippen LogP contribution in [0.2, 0.25) is 0 Å². The van der Waals surface area contributed by atoms with E-state index >= 15 is 0 Å². The lowest BCUT2D eigenvalue weighted by atomic mass is 9.80. The van der Waals surface area contributed by atoms with Gasteiger partial charge in [0.05, 0.1) is 5.60 Å². The molecule has 0 bridgehead atoms. The van der Waals surface area contributed by atoms with Crippen molar-refractivity contribution in [1.29, 1.82) is 0 Å². The summed E-state index contributed by atoms with van der Waals surface area (Å²) in [6.45, 7) is 18.4. The number of carbonyl (C=O) groups excluding carboxylic acids is 2. The average Bonchev–Trinajstić information content (AvgIpc) is 2.75. The number of rotatable bonds is 17. The molecule has 0 aliphatic heterocycles.